The summed E-state index contributed by atoms with van der Waals surface area (Å²) in [4.78, 5) is 10.5. The summed E-state index contributed by atoms with van der Waals surface area (Å²) in [7, 11) is 0. The average Bonchev–Trinajstić information content (AvgIpc) is 2.36. The highest BCUT2D eigenvalue weighted by Gasteiger charge is 2.33. The number of unbranched alkanes of at least 4 members (excludes halogenated alkanes) is 1. The van der Waals surface area contributed by atoms with E-state index in [0.29, 0.717) is 25.8 Å². The van der Waals surface area contributed by atoms with Gasteiger partial charge >= 0.3 is 6.18 Å². The number of rotatable bonds is 7. The molecule has 0 bridgehead atoms. The molecule has 3 N–H and O–H groups in total. The lowest BCUT2D eigenvalue weighted by atomic mass is 10.0. The number of alkyl halides is 3. The minimum absolute atomic E-state index is 0.231. The highest BCUT2D eigenvalue weighted by Crippen LogP contribution is 2.34. The van der Waals surface area contributed by atoms with Gasteiger partial charge in [0.05, 0.1) is 5.56 Å². The van der Waals surface area contributed by atoms with Gasteiger partial charge in [0.25, 0.3) is 0 Å². The van der Waals surface area contributed by atoms with E-state index in [2.05, 4.69) is 5.32 Å². The highest BCUT2D eigenvalue weighted by molar-refractivity contribution is 5.73. The van der Waals surface area contributed by atoms with Crippen molar-refractivity contribution in [1.29, 1.82) is 0 Å². The van der Waals surface area contributed by atoms with Crippen LogP contribution < -0.4 is 11.1 Å². The van der Waals surface area contributed by atoms with Gasteiger partial charge in [-0.25, -0.2) is 0 Å². The fourth-order valence-electron chi connectivity index (χ4n) is 1.99. The number of hydrogen-bond donors (Lipinski definition) is 2. The van der Waals surface area contributed by atoms with Crippen molar-refractivity contribution in [3.63, 3.8) is 0 Å². The number of hydrogen-bond acceptors (Lipinski definition) is 2. The molecule has 112 valence electrons. The van der Waals surface area contributed by atoms with Crippen molar-refractivity contribution in [3.05, 3.63) is 35.4 Å². The van der Waals surface area contributed by atoms with Crippen LogP contribution in [0.1, 0.15) is 43.4 Å². The molecule has 3 nitrogen and oxygen atoms in total. The van der Waals surface area contributed by atoms with Gasteiger partial charge in [0.15, 0.2) is 0 Å². The molecule has 0 spiro atoms. The van der Waals surface area contributed by atoms with Crippen LogP contribution in [0.4, 0.5) is 13.2 Å². The molecule has 20 heavy (non-hydrogen) atoms. The minimum Gasteiger partial charge on any atom is -0.370 e. The Balaban J connectivity index is 2.55. The molecule has 1 unspecified atom stereocenters. The number of halogens is 3. The van der Waals surface area contributed by atoms with E-state index in [1.807, 2.05) is 0 Å². The molecule has 0 aliphatic rings. The Labute approximate surface area is 116 Å². The zero-order chi connectivity index (χ0) is 15.2. The van der Waals surface area contributed by atoms with Gasteiger partial charge in [-0.15, -0.1) is 0 Å². The van der Waals surface area contributed by atoms with E-state index in [9.17, 15) is 18.0 Å². The molecule has 0 saturated carbocycles. The van der Waals surface area contributed by atoms with Crippen LogP contribution >= 0.6 is 0 Å². The van der Waals surface area contributed by atoms with Crippen LogP contribution in [0.3, 0.4) is 0 Å². The van der Waals surface area contributed by atoms with Crippen molar-refractivity contribution in [2.45, 2.75) is 38.4 Å². The molecule has 1 rings (SSSR count). The van der Waals surface area contributed by atoms with Gasteiger partial charge < -0.3 is 11.1 Å². The molecule has 0 aliphatic heterocycles. The first kappa shape index (κ1) is 16.5. The van der Waals surface area contributed by atoms with Crippen molar-refractivity contribution < 1.29 is 18.0 Å². The maximum atomic E-state index is 12.9. The van der Waals surface area contributed by atoms with Crippen molar-refractivity contribution >= 4 is 5.91 Å². The van der Waals surface area contributed by atoms with Crippen LogP contribution in [0.5, 0.6) is 0 Å². The number of carbonyl (C=O) groups is 1. The molecule has 0 fully saturated rings. The number of benzene rings is 1. The van der Waals surface area contributed by atoms with E-state index in [1.165, 1.54) is 12.1 Å². The maximum absolute atomic E-state index is 12.9. The second-order valence-electron chi connectivity index (χ2n) is 4.68. The minimum atomic E-state index is -4.35. The van der Waals surface area contributed by atoms with Gasteiger partial charge in [-0.2, -0.15) is 13.2 Å². The number of nitrogens with one attached hydrogen (secondary N) is 1. The molecule has 6 heteroatoms. The number of nitrogens with two attached hydrogens (primary N) is 1. The smallest absolute Gasteiger partial charge is 0.370 e. The van der Waals surface area contributed by atoms with Crippen LogP contribution in [0.15, 0.2) is 24.3 Å². The second-order valence-corrected chi connectivity index (χ2v) is 4.68. The molecule has 1 atom stereocenters. The van der Waals surface area contributed by atoms with Crippen LogP contribution in [-0.4, -0.2) is 12.5 Å². The zero-order valence-electron chi connectivity index (χ0n) is 11.3. The molecule has 0 radical (unpaired) electrons. The highest BCUT2D eigenvalue weighted by atomic mass is 19.4. The Morgan fingerprint density at radius 1 is 1.30 bits per heavy atom. The molecular weight excluding hydrogens is 269 g/mol. The molecular formula is C14H19F3N2O. The Kier molecular flexibility index (Phi) is 6.01. The normalized spacial score (nSPS) is 13.2. The topological polar surface area (TPSA) is 55.1 Å². The van der Waals surface area contributed by atoms with Crippen LogP contribution in [0.25, 0.3) is 0 Å². The predicted octanol–water partition coefficient (Wildman–Crippen LogP) is 3.01. The Hall–Kier alpha value is -1.56. The average molecular weight is 288 g/mol. The first-order valence-corrected chi connectivity index (χ1v) is 6.50. The largest absolute Gasteiger partial charge is 0.416 e. The van der Waals surface area contributed by atoms with Crippen molar-refractivity contribution in [3.8, 4) is 0 Å². The lowest BCUT2D eigenvalue weighted by Gasteiger charge is -2.19. The fraction of sp³-hybridized carbons (Fsp3) is 0.500. The Morgan fingerprint density at radius 2 is 1.95 bits per heavy atom. The lowest BCUT2D eigenvalue weighted by Crippen LogP contribution is -2.23. The standard InChI is InChI=1S/C14H19F3N2O/c1-10(19-9-5-4-8-13(18)20)11-6-2-3-7-12(11)14(15,16)17/h2-3,6-7,10,19H,4-5,8-9H2,1H3,(H2,18,20). The van der Waals surface area contributed by atoms with Crippen LogP contribution in [0, 0.1) is 0 Å². The quantitative estimate of drug-likeness (QED) is 0.758. The number of carbonyl (C=O) groups excluding carboxylic acids is 1. The van der Waals surface area contributed by atoms with Gasteiger partial charge in [0.1, 0.15) is 0 Å². The van der Waals surface area contributed by atoms with Gasteiger partial charge in [0, 0.05) is 12.5 Å². The van der Waals surface area contributed by atoms with E-state index in [-0.39, 0.29) is 11.5 Å². The Bertz CT molecular complexity index is 446. The summed E-state index contributed by atoms with van der Waals surface area (Å²) in [5.74, 6) is -0.361. The summed E-state index contributed by atoms with van der Waals surface area (Å²) in [5.41, 5.74) is 4.63. The summed E-state index contributed by atoms with van der Waals surface area (Å²) in [6.07, 6.45) is -2.72. The molecule has 0 heterocycles. The first-order chi connectivity index (χ1) is 9.32. The SMILES string of the molecule is CC(NCCCCC(N)=O)c1ccccc1C(F)(F)F. The number of amides is 1. The monoisotopic (exact) mass is 288 g/mol. The van der Waals surface area contributed by atoms with Crippen molar-refractivity contribution in [1.82, 2.24) is 5.32 Å². The summed E-state index contributed by atoms with van der Waals surface area (Å²) < 4.78 is 38.6. The molecule has 1 aromatic carbocycles. The Morgan fingerprint density at radius 3 is 2.55 bits per heavy atom. The summed E-state index contributed by atoms with van der Waals surface area (Å²) in [5, 5.41) is 3.03. The molecule has 0 aliphatic carbocycles. The lowest BCUT2D eigenvalue weighted by molar-refractivity contribution is -0.138. The molecule has 1 amide bonds. The summed E-state index contributed by atoms with van der Waals surface area (Å²) in [6, 6.07) is 5.13. The van der Waals surface area contributed by atoms with Crippen molar-refractivity contribution in [2.75, 3.05) is 6.54 Å². The van der Waals surface area contributed by atoms with Gasteiger partial charge in [-0.05, 0) is 37.9 Å². The molecule has 0 saturated heterocycles. The van der Waals surface area contributed by atoms with Crippen LogP contribution in [0.2, 0.25) is 0 Å². The third-order valence-electron chi connectivity index (χ3n) is 3.03. The third kappa shape index (κ3) is 5.21. The van der Waals surface area contributed by atoms with Gasteiger partial charge in [0.2, 0.25) is 5.91 Å². The zero-order valence-corrected chi connectivity index (χ0v) is 11.3. The van der Waals surface area contributed by atoms with Gasteiger partial charge in [-0.1, -0.05) is 18.2 Å². The predicted molar refractivity (Wildman–Crippen MR) is 70.9 cm³/mol. The van der Waals surface area contributed by atoms with E-state index in [0.717, 1.165) is 6.07 Å². The molecule has 1 aromatic rings. The molecule has 0 aromatic heterocycles. The van der Waals surface area contributed by atoms with E-state index < -0.39 is 17.8 Å². The maximum Gasteiger partial charge on any atom is 0.416 e. The first-order valence-electron chi connectivity index (χ1n) is 6.50. The van der Waals surface area contributed by atoms with Crippen LogP contribution in [-0.2, 0) is 11.0 Å². The number of primary amides is 1. The van der Waals surface area contributed by atoms with E-state index in [1.54, 1.807) is 13.0 Å². The van der Waals surface area contributed by atoms with Gasteiger partial charge in [-0.3, -0.25) is 4.79 Å². The van der Waals surface area contributed by atoms with E-state index in [4.69, 9.17) is 5.73 Å². The summed E-state index contributed by atoms with van der Waals surface area (Å²) >= 11 is 0. The third-order valence-corrected chi connectivity index (χ3v) is 3.03. The summed E-state index contributed by atoms with van der Waals surface area (Å²) in [6.45, 7) is 2.24. The van der Waals surface area contributed by atoms with E-state index >= 15 is 0 Å². The fourth-order valence-corrected chi connectivity index (χ4v) is 1.99. The van der Waals surface area contributed by atoms with Crippen molar-refractivity contribution in [2.24, 2.45) is 5.73 Å². The second kappa shape index (κ2) is 7.28.